The lowest BCUT2D eigenvalue weighted by molar-refractivity contribution is -0.123. The van der Waals surface area contributed by atoms with E-state index in [2.05, 4.69) is 0 Å². The second kappa shape index (κ2) is 3.73. The maximum Gasteiger partial charge on any atom is 0.239 e. The molecule has 0 aromatic heterocycles. The van der Waals surface area contributed by atoms with Gasteiger partial charge in [0.25, 0.3) is 0 Å². The molecule has 2 aliphatic heterocycles. The molecule has 1 aromatic rings. The van der Waals surface area contributed by atoms with E-state index in [1.165, 1.54) is 0 Å². The smallest absolute Gasteiger partial charge is 0.239 e. The van der Waals surface area contributed by atoms with E-state index >= 15 is 0 Å². The van der Waals surface area contributed by atoms with Gasteiger partial charge in [0.1, 0.15) is 12.0 Å². The number of fused-ring (bicyclic) bond motifs is 2. The van der Waals surface area contributed by atoms with Crippen molar-refractivity contribution in [2.75, 3.05) is 11.5 Å². The van der Waals surface area contributed by atoms with E-state index in [1.54, 1.807) is 12.1 Å². The number of benzene rings is 1. The molecule has 1 amide bonds. The minimum Gasteiger partial charge on any atom is -0.508 e. The van der Waals surface area contributed by atoms with Gasteiger partial charge in [0.2, 0.25) is 5.91 Å². The molecular formula is C15H17NO3. The summed E-state index contributed by atoms with van der Waals surface area (Å²) in [5, 5.41) is 9.68. The Morgan fingerprint density at radius 2 is 2.16 bits per heavy atom. The van der Waals surface area contributed by atoms with E-state index in [0.717, 1.165) is 50.0 Å². The van der Waals surface area contributed by atoms with E-state index in [4.69, 9.17) is 4.74 Å². The van der Waals surface area contributed by atoms with Crippen LogP contribution in [-0.4, -0.2) is 23.8 Å². The summed E-state index contributed by atoms with van der Waals surface area (Å²) in [6, 6.07) is 5.26. The molecule has 19 heavy (non-hydrogen) atoms. The van der Waals surface area contributed by atoms with Gasteiger partial charge in [-0.25, -0.2) is 0 Å². The molecule has 100 valence electrons. The number of phenols is 1. The Labute approximate surface area is 112 Å². The first-order valence-corrected chi connectivity index (χ1v) is 7.01. The van der Waals surface area contributed by atoms with Crippen LogP contribution in [-0.2, 0) is 14.9 Å². The van der Waals surface area contributed by atoms with Gasteiger partial charge in [-0.3, -0.25) is 9.69 Å². The maximum atomic E-state index is 12.7. The highest BCUT2D eigenvalue weighted by molar-refractivity contribution is 6.10. The second-order valence-electron chi connectivity index (χ2n) is 5.78. The fourth-order valence-electron chi connectivity index (χ4n) is 3.39. The standard InChI is InChI=1S/C15H17NO3/c17-10-4-5-12-11(9-10)15(6-7-15)14(18)16(12)13-3-1-2-8-19-13/h4-5,9,13,17H,1-3,6-8H2. The number of nitrogens with zero attached hydrogens (tertiary/aromatic N) is 1. The van der Waals surface area contributed by atoms with Crippen molar-refractivity contribution in [3.05, 3.63) is 23.8 Å². The van der Waals surface area contributed by atoms with E-state index in [1.807, 2.05) is 11.0 Å². The SMILES string of the molecule is O=C1N(C2CCCCO2)c2ccc(O)cc2C12CC2. The fraction of sp³-hybridized carbons (Fsp3) is 0.533. The number of carbonyl (C=O) groups excluding carboxylic acids is 1. The van der Waals surface area contributed by atoms with Gasteiger partial charge in [0.05, 0.1) is 11.1 Å². The van der Waals surface area contributed by atoms with Crippen molar-refractivity contribution in [3.63, 3.8) is 0 Å². The Bertz CT molecular complexity index is 544. The Kier molecular flexibility index (Phi) is 2.22. The molecule has 4 nitrogen and oxygen atoms in total. The van der Waals surface area contributed by atoms with Crippen molar-refractivity contribution in [2.24, 2.45) is 0 Å². The quantitative estimate of drug-likeness (QED) is 0.842. The number of anilines is 1. The van der Waals surface area contributed by atoms with Crippen LogP contribution in [0.4, 0.5) is 5.69 Å². The number of aromatic hydroxyl groups is 1. The molecule has 0 radical (unpaired) electrons. The molecule has 1 saturated heterocycles. The van der Waals surface area contributed by atoms with Gasteiger partial charge in [-0.1, -0.05) is 0 Å². The number of phenolic OH excluding ortho intramolecular Hbond substituents is 1. The average Bonchev–Trinajstić information content (AvgIpc) is 3.19. The van der Waals surface area contributed by atoms with Gasteiger partial charge in [-0.05, 0) is 55.9 Å². The molecule has 3 aliphatic rings. The third kappa shape index (κ3) is 1.46. The van der Waals surface area contributed by atoms with E-state index in [0.29, 0.717) is 0 Å². The normalized spacial score (nSPS) is 27.7. The van der Waals surface area contributed by atoms with Crippen molar-refractivity contribution >= 4 is 11.6 Å². The van der Waals surface area contributed by atoms with Crippen LogP contribution in [0, 0.1) is 0 Å². The summed E-state index contributed by atoms with van der Waals surface area (Å²) in [7, 11) is 0. The Morgan fingerprint density at radius 1 is 1.32 bits per heavy atom. The van der Waals surface area contributed by atoms with Crippen molar-refractivity contribution < 1.29 is 14.6 Å². The van der Waals surface area contributed by atoms with Crippen LogP contribution in [0.1, 0.15) is 37.7 Å². The first kappa shape index (κ1) is 11.3. The van der Waals surface area contributed by atoms with Gasteiger partial charge in [-0.2, -0.15) is 0 Å². The van der Waals surface area contributed by atoms with Crippen LogP contribution in [0.5, 0.6) is 5.75 Å². The topological polar surface area (TPSA) is 49.8 Å². The molecule has 1 aliphatic carbocycles. The van der Waals surface area contributed by atoms with Crippen LogP contribution in [0.3, 0.4) is 0 Å². The summed E-state index contributed by atoms with van der Waals surface area (Å²) in [6.07, 6.45) is 4.75. The molecular weight excluding hydrogens is 242 g/mol. The number of carbonyl (C=O) groups is 1. The molecule has 0 bridgehead atoms. The predicted octanol–water partition coefficient (Wildman–Crippen LogP) is 2.30. The van der Waals surface area contributed by atoms with Crippen LogP contribution in [0.15, 0.2) is 18.2 Å². The molecule has 4 rings (SSSR count). The second-order valence-corrected chi connectivity index (χ2v) is 5.78. The van der Waals surface area contributed by atoms with E-state index < -0.39 is 0 Å². The van der Waals surface area contributed by atoms with E-state index in [9.17, 15) is 9.90 Å². The maximum absolute atomic E-state index is 12.7. The monoisotopic (exact) mass is 259 g/mol. The lowest BCUT2D eigenvalue weighted by atomic mass is 9.98. The Hall–Kier alpha value is -1.55. The van der Waals surface area contributed by atoms with Gasteiger partial charge < -0.3 is 9.84 Å². The highest BCUT2D eigenvalue weighted by Crippen LogP contribution is 2.58. The zero-order valence-electron chi connectivity index (χ0n) is 10.8. The van der Waals surface area contributed by atoms with Crippen molar-refractivity contribution in [3.8, 4) is 5.75 Å². The third-order valence-corrected chi connectivity index (χ3v) is 4.58. The fourth-order valence-corrected chi connectivity index (χ4v) is 3.39. The summed E-state index contributed by atoms with van der Waals surface area (Å²) in [4.78, 5) is 14.6. The lowest BCUT2D eigenvalue weighted by Crippen LogP contribution is -2.43. The number of ether oxygens (including phenoxy) is 1. The highest BCUT2D eigenvalue weighted by atomic mass is 16.5. The molecule has 2 heterocycles. The van der Waals surface area contributed by atoms with Crippen molar-refractivity contribution in [1.29, 1.82) is 0 Å². The number of hydrogen-bond acceptors (Lipinski definition) is 3. The molecule has 1 aromatic carbocycles. The molecule has 1 atom stereocenters. The van der Waals surface area contributed by atoms with Crippen LogP contribution in [0.2, 0.25) is 0 Å². The number of amides is 1. The van der Waals surface area contributed by atoms with Gasteiger partial charge in [-0.15, -0.1) is 0 Å². The largest absolute Gasteiger partial charge is 0.508 e. The van der Waals surface area contributed by atoms with Crippen LogP contribution >= 0.6 is 0 Å². The first-order chi connectivity index (χ1) is 9.22. The first-order valence-electron chi connectivity index (χ1n) is 7.01. The summed E-state index contributed by atoms with van der Waals surface area (Å²) < 4.78 is 5.78. The van der Waals surface area contributed by atoms with Gasteiger partial charge in [0.15, 0.2) is 0 Å². The Balaban J connectivity index is 1.79. The summed E-state index contributed by atoms with van der Waals surface area (Å²) in [5.41, 5.74) is 1.58. The number of rotatable bonds is 1. The zero-order valence-corrected chi connectivity index (χ0v) is 10.8. The summed E-state index contributed by atoms with van der Waals surface area (Å²) in [5.74, 6) is 0.407. The predicted molar refractivity (Wildman–Crippen MR) is 70.1 cm³/mol. The molecule has 4 heteroatoms. The van der Waals surface area contributed by atoms with E-state index in [-0.39, 0.29) is 23.3 Å². The minimum atomic E-state index is -0.352. The average molecular weight is 259 g/mol. The zero-order chi connectivity index (χ0) is 13.0. The molecule has 1 unspecified atom stereocenters. The van der Waals surface area contributed by atoms with Gasteiger partial charge >= 0.3 is 0 Å². The van der Waals surface area contributed by atoms with Crippen LogP contribution < -0.4 is 4.90 Å². The summed E-state index contributed by atoms with van der Waals surface area (Å²) in [6.45, 7) is 0.731. The van der Waals surface area contributed by atoms with Crippen molar-refractivity contribution in [1.82, 2.24) is 0 Å². The lowest BCUT2D eigenvalue weighted by Gasteiger charge is -2.31. The Morgan fingerprint density at radius 3 is 2.84 bits per heavy atom. The van der Waals surface area contributed by atoms with Gasteiger partial charge in [0, 0.05) is 6.61 Å². The van der Waals surface area contributed by atoms with Crippen molar-refractivity contribution in [2.45, 2.75) is 43.7 Å². The van der Waals surface area contributed by atoms with Crippen LogP contribution in [0.25, 0.3) is 0 Å². The molecule has 1 saturated carbocycles. The minimum absolute atomic E-state index is 0.121. The number of hydrogen-bond donors (Lipinski definition) is 1. The molecule has 1 N–H and O–H groups in total. The molecule has 2 fully saturated rings. The highest BCUT2D eigenvalue weighted by Gasteiger charge is 2.60. The summed E-state index contributed by atoms with van der Waals surface area (Å²) >= 11 is 0. The molecule has 1 spiro atoms. The third-order valence-electron chi connectivity index (χ3n) is 4.58.